The van der Waals surface area contributed by atoms with Crippen molar-refractivity contribution in [2.75, 3.05) is 26.2 Å². The number of nitrogens with zero attached hydrogens (tertiary/aromatic N) is 2. The van der Waals surface area contributed by atoms with E-state index >= 15 is 0 Å². The summed E-state index contributed by atoms with van der Waals surface area (Å²) in [5, 5.41) is 4.42. The van der Waals surface area contributed by atoms with Crippen molar-refractivity contribution in [2.24, 2.45) is 5.92 Å². The number of nitrogens with one attached hydrogen (secondary N) is 1. The molecule has 1 saturated heterocycles. The van der Waals surface area contributed by atoms with Gasteiger partial charge in [-0.2, -0.15) is 0 Å². The lowest BCUT2D eigenvalue weighted by molar-refractivity contribution is -0.122. The molecule has 26 heavy (non-hydrogen) atoms. The third-order valence-electron chi connectivity index (χ3n) is 5.85. The van der Waals surface area contributed by atoms with E-state index in [1.54, 1.807) is 0 Å². The Balaban J connectivity index is 1.29. The number of aromatic nitrogens is 1. The summed E-state index contributed by atoms with van der Waals surface area (Å²) >= 11 is 1.82. The van der Waals surface area contributed by atoms with Crippen molar-refractivity contribution < 1.29 is 4.79 Å². The molecule has 0 radical (unpaired) electrons. The Morgan fingerprint density at radius 1 is 1.15 bits per heavy atom. The topological polar surface area (TPSA) is 45.2 Å². The highest BCUT2D eigenvalue weighted by molar-refractivity contribution is 7.18. The van der Waals surface area contributed by atoms with Crippen LogP contribution in [0.1, 0.15) is 55.9 Å². The van der Waals surface area contributed by atoms with Crippen LogP contribution in [-0.4, -0.2) is 42.0 Å². The smallest absolute Gasteiger partial charge is 0.234 e. The number of hydrogen-bond acceptors (Lipinski definition) is 4. The van der Waals surface area contributed by atoms with Crippen LogP contribution in [0.5, 0.6) is 0 Å². The molecule has 140 valence electrons. The number of para-hydroxylation sites is 1. The molecule has 1 N–H and O–H groups in total. The second-order valence-electron chi connectivity index (χ2n) is 7.90. The van der Waals surface area contributed by atoms with Gasteiger partial charge in [0.05, 0.1) is 21.8 Å². The van der Waals surface area contributed by atoms with Gasteiger partial charge in [0, 0.05) is 19.0 Å². The maximum atomic E-state index is 12.4. The third kappa shape index (κ3) is 4.44. The summed E-state index contributed by atoms with van der Waals surface area (Å²) < 4.78 is 1.27. The van der Waals surface area contributed by atoms with Gasteiger partial charge in [-0.1, -0.05) is 31.4 Å². The van der Waals surface area contributed by atoms with E-state index in [1.807, 2.05) is 11.3 Å². The van der Waals surface area contributed by atoms with Gasteiger partial charge in [0.25, 0.3) is 0 Å². The second kappa shape index (κ2) is 8.49. The van der Waals surface area contributed by atoms with E-state index in [0.29, 0.717) is 18.4 Å². The third-order valence-corrected chi connectivity index (χ3v) is 7.04. The van der Waals surface area contributed by atoms with Crippen molar-refractivity contribution in [1.29, 1.82) is 0 Å². The molecule has 0 spiro atoms. The molecule has 2 heterocycles. The predicted molar refractivity (Wildman–Crippen MR) is 108 cm³/mol. The van der Waals surface area contributed by atoms with Crippen molar-refractivity contribution in [3.63, 3.8) is 0 Å². The Kier molecular flexibility index (Phi) is 5.85. The highest BCUT2D eigenvalue weighted by atomic mass is 32.1. The number of amides is 1. The van der Waals surface area contributed by atoms with Gasteiger partial charge < -0.3 is 5.32 Å². The van der Waals surface area contributed by atoms with E-state index in [9.17, 15) is 4.79 Å². The van der Waals surface area contributed by atoms with E-state index in [2.05, 4.69) is 34.5 Å². The normalized spacial score (nSPS) is 22.5. The number of carbonyl (C=O) groups excluding carboxylic acids is 1. The first-order valence-corrected chi connectivity index (χ1v) is 10.9. The fourth-order valence-corrected chi connectivity index (χ4v) is 5.47. The zero-order valence-electron chi connectivity index (χ0n) is 15.5. The molecule has 0 bridgehead atoms. The Bertz CT molecular complexity index is 705. The molecule has 0 unspecified atom stereocenters. The lowest BCUT2D eigenvalue weighted by Crippen LogP contribution is -2.43. The Labute approximate surface area is 160 Å². The molecule has 1 aromatic carbocycles. The van der Waals surface area contributed by atoms with Crippen LogP contribution in [-0.2, 0) is 4.79 Å². The van der Waals surface area contributed by atoms with Gasteiger partial charge in [-0.05, 0) is 50.3 Å². The molecule has 2 fully saturated rings. The van der Waals surface area contributed by atoms with Crippen LogP contribution in [0.15, 0.2) is 24.3 Å². The van der Waals surface area contributed by atoms with Gasteiger partial charge in [-0.15, -0.1) is 11.3 Å². The van der Waals surface area contributed by atoms with E-state index < -0.39 is 0 Å². The summed E-state index contributed by atoms with van der Waals surface area (Å²) in [6, 6.07) is 8.37. The fraction of sp³-hybridized carbons (Fsp3) is 0.619. The molecule has 1 aromatic heterocycles. The van der Waals surface area contributed by atoms with Gasteiger partial charge >= 0.3 is 0 Å². The SMILES string of the molecule is O=C(CN1CCC[C@@H](c2nc3ccccc3s2)C1)NCC1CCCCC1. The molecule has 2 aliphatic rings. The minimum Gasteiger partial charge on any atom is -0.355 e. The quantitative estimate of drug-likeness (QED) is 0.858. The maximum absolute atomic E-state index is 12.4. The van der Waals surface area contributed by atoms with Crippen LogP contribution in [0.3, 0.4) is 0 Å². The zero-order valence-corrected chi connectivity index (χ0v) is 16.3. The minimum absolute atomic E-state index is 0.195. The van der Waals surface area contributed by atoms with Crippen molar-refractivity contribution in [2.45, 2.75) is 50.9 Å². The summed E-state index contributed by atoms with van der Waals surface area (Å²) in [7, 11) is 0. The number of hydrogen-bond donors (Lipinski definition) is 1. The van der Waals surface area contributed by atoms with Gasteiger partial charge in [0.2, 0.25) is 5.91 Å². The highest BCUT2D eigenvalue weighted by Crippen LogP contribution is 2.32. The lowest BCUT2D eigenvalue weighted by atomic mass is 9.89. The van der Waals surface area contributed by atoms with Crippen LogP contribution in [0, 0.1) is 5.92 Å². The largest absolute Gasteiger partial charge is 0.355 e. The summed E-state index contributed by atoms with van der Waals surface area (Å²) in [6.45, 7) is 3.39. The molecular formula is C21H29N3OS. The van der Waals surface area contributed by atoms with Gasteiger partial charge in [-0.25, -0.2) is 4.98 Å². The summed E-state index contributed by atoms with van der Waals surface area (Å²) in [5.74, 6) is 1.36. The second-order valence-corrected chi connectivity index (χ2v) is 8.96. The van der Waals surface area contributed by atoms with Gasteiger partial charge in [-0.3, -0.25) is 9.69 Å². The number of rotatable bonds is 5. The van der Waals surface area contributed by atoms with E-state index in [-0.39, 0.29) is 5.91 Å². The Morgan fingerprint density at radius 3 is 2.85 bits per heavy atom. The molecule has 1 saturated carbocycles. The first-order valence-electron chi connectivity index (χ1n) is 10.1. The Morgan fingerprint density at radius 2 is 2.00 bits per heavy atom. The minimum atomic E-state index is 0.195. The van der Waals surface area contributed by atoms with Crippen molar-refractivity contribution in [3.05, 3.63) is 29.3 Å². The highest BCUT2D eigenvalue weighted by Gasteiger charge is 2.25. The van der Waals surface area contributed by atoms with E-state index in [4.69, 9.17) is 4.98 Å². The molecule has 1 atom stereocenters. The first-order chi connectivity index (χ1) is 12.8. The number of piperidine rings is 1. The summed E-state index contributed by atoms with van der Waals surface area (Å²) in [5.41, 5.74) is 1.11. The molecular weight excluding hydrogens is 342 g/mol. The average Bonchev–Trinajstić information content (AvgIpc) is 3.12. The van der Waals surface area contributed by atoms with Crippen LogP contribution >= 0.6 is 11.3 Å². The Hall–Kier alpha value is -1.46. The standard InChI is InChI=1S/C21H29N3OS/c25-20(22-13-16-7-2-1-3-8-16)15-24-12-6-9-17(14-24)21-23-18-10-4-5-11-19(18)26-21/h4-5,10-11,16-17H,1-3,6-9,12-15H2,(H,22,25)/t17-/m1/s1. The predicted octanol–water partition coefficient (Wildman–Crippen LogP) is 4.17. The monoisotopic (exact) mass is 371 g/mol. The molecule has 4 rings (SSSR count). The van der Waals surface area contributed by atoms with E-state index in [1.165, 1.54) is 48.2 Å². The van der Waals surface area contributed by atoms with E-state index in [0.717, 1.165) is 31.6 Å². The molecule has 1 amide bonds. The van der Waals surface area contributed by atoms with Crippen molar-refractivity contribution in [1.82, 2.24) is 15.2 Å². The average molecular weight is 372 g/mol. The molecule has 4 nitrogen and oxygen atoms in total. The van der Waals surface area contributed by atoms with Crippen LogP contribution in [0.25, 0.3) is 10.2 Å². The van der Waals surface area contributed by atoms with Crippen molar-refractivity contribution in [3.8, 4) is 0 Å². The van der Waals surface area contributed by atoms with Crippen molar-refractivity contribution >= 4 is 27.5 Å². The van der Waals surface area contributed by atoms with Crippen LogP contribution in [0.2, 0.25) is 0 Å². The first kappa shape index (κ1) is 17.9. The lowest BCUT2D eigenvalue weighted by Gasteiger charge is -2.31. The number of carbonyl (C=O) groups is 1. The zero-order chi connectivity index (χ0) is 17.8. The number of thiazole rings is 1. The summed E-state index contributed by atoms with van der Waals surface area (Å²) in [6.07, 6.45) is 8.92. The molecule has 2 aromatic rings. The van der Waals surface area contributed by atoms with Crippen LogP contribution in [0.4, 0.5) is 0 Å². The number of fused-ring (bicyclic) bond motifs is 1. The summed E-state index contributed by atoms with van der Waals surface area (Å²) in [4.78, 5) is 19.5. The number of benzene rings is 1. The maximum Gasteiger partial charge on any atom is 0.234 e. The number of likely N-dealkylation sites (tertiary alicyclic amines) is 1. The van der Waals surface area contributed by atoms with Gasteiger partial charge in [0.15, 0.2) is 0 Å². The molecule has 1 aliphatic carbocycles. The molecule has 1 aliphatic heterocycles. The molecule has 5 heteroatoms. The fourth-order valence-electron chi connectivity index (χ4n) is 4.37. The van der Waals surface area contributed by atoms with Crippen LogP contribution < -0.4 is 5.32 Å². The van der Waals surface area contributed by atoms with Gasteiger partial charge in [0.1, 0.15) is 0 Å².